The highest BCUT2D eigenvalue weighted by Gasteiger charge is 2.26. The molecule has 1 heterocycles. The van der Waals surface area contributed by atoms with Gasteiger partial charge in [-0.15, -0.1) is 0 Å². The van der Waals surface area contributed by atoms with Crippen molar-refractivity contribution in [1.29, 1.82) is 0 Å². The molecule has 1 atom stereocenters. The molecule has 236 valence electrons. The van der Waals surface area contributed by atoms with Gasteiger partial charge in [0, 0.05) is 67.7 Å². The number of rotatable bonds is 17. The number of nitrogens with zero attached hydrogens (tertiary/aromatic N) is 2. The predicted octanol–water partition coefficient (Wildman–Crippen LogP) is 2.68. The third-order valence-electron chi connectivity index (χ3n) is 6.74. The smallest absolute Gasteiger partial charge is 0.275 e. The van der Waals surface area contributed by atoms with Gasteiger partial charge in [-0.1, -0.05) is 27.2 Å². The van der Waals surface area contributed by atoms with Crippen LogP contribution >= 0.6 is 0 Å². The minimum absolute atomic E-state index is 0.0956. The van der Waals surface area contributed by atoms with Crippen LogP contribution in [0.25, 0.3) is 0 Å². The number of hydrogen-bond donors (Lipinski definition) is 3. The zero-order valence-electron chi connectivity index (χ0n) is 24.5. The summed E-state index contributed by atoms with van der Waals surface area (Å²) in [7, 11) is -4.39. The van der Waals surface area contributed by atoms with Crippen molar-refractivity contribution in [2.24, 2.45) is 5.92 Å². The topological polar surface area (TPSA) is 210 Å². The predicted molar refractivity (Wildman–Crippen MR) is 157 cm³/mol. The number of hydrogen-bond acceptors (Lipinski definition) is 9. The van der Waals surface area contributed by atoms with Crippen molar-refractivity contribution in [3.63, 3.8) is 0 Å². The van der Waals surface area contributed by atoms with E-state index in [1.54, 1.807) is 12.1 Å². The highest BCUT2D eigenvalue weighted by Crippen LogP contribution is 2.33. The van der Waals surface area contributed by atoms with Crippen LogP contribution in [0.1, 0.15) is 71.3 Å². The van der Waals surface area contributed by atoms with Gasteiger partial charge in [-0.3, -0.25) is 43.5 Å². The fourth-order valence-corrected chi connectivity index (χ4v) is 5.06. The normalized spacial score (nSPS) is 14.1. The Labute approximate surface area is 250 Å². The lowest BCUT2D eigenvalue weighted by atomic mass is 9.85. The van der Waals surface area contributed by atoms with Gasteiger partial charge in [0.1, 0.15) is 5.78 Å². The molecule has 1 aliphatic heterocycles. The van der Waals surface area contributed by atoms with E-state index in [-0.39, 0.29) is 67.7 Å². The minimum atomic E-state index is -4.39. The molecule has 1 aliphatic rings. The van der Waals surface area contributed by atoms with E-state index in [2.05, 4.69) is 10.6 Å². The zero-order valence-corrected chi connectivity index (χ0v) is 25.3. The molecule has 2 rings (SSSR count). The Morgan fingerprint density at radius 2 is 1.70 bits per heavy atom. The zero-order chi connectivity index (χ0) is 32.4. The molecule has 1 aromatic rings. The highest BCUT2D eigenvalue weighted by molar-refractivity contribution is 7.85. The van der Waals surface area contributed by atoms with E-state index < -0.39 is 43.9 Å². The summed E-state index contributed by atoms with van der Waals surface area (Å²) >= 11 is 0. The van der Waals surface area contributed by atoms with Crippen molar-refractivity contribution in [2.45, 2.75) is 71.1 Å². The number of ketones is 1. The summed E-state index contributed by atoms with van der Waals surface area (Å²) < 4.78 is 31.6. The van der Waals surface area contributed by atoms with Crippen molar-refractivity contribution >= 4 is 50.9 Å². The third-order valence-corrected chi connectivity index (χ3v) is 7.50. The van der Waals surface area contributed by atoms with E-state index in [1.165, 1.54) is 18.2 Å². The molecule has 4 amide bonds. The lowest BCUT2D eigenvalue weighted by Crippen LogP contribution is -2.35. The Hall–Kier alpha value is -3.98. The van der Waals surface area contributed by atoms with Gasteiger partial charge in [-0.25, -0.2) is 0 Å². The first-order valence-electron chi connectivity index (χ1n) is 13.8. The maximum absolute atomic E-state index is 12.7. The van der Waals surface area contributed by atoms with Gasteiger partial charge < -0.3 is 10.6 Å². The summed E-state index contributed by atoms with van der Waals surface area (Å²) in [6.07, 6.45) is 3.17. The maximum Gasteiger partial charge on any atom is 0.275 e. The number of carbonyl (C=O) groups excluding carboxylic acids is 5. The SMILES string of the molecule is CC(C)(C)c1ccc(NC(=O)CCNC(=O)[C@H](CCS(=O)(=O)O)CC(=O)CCCCCN2C(=O)C=CC2=O)cc1[N+](=O)[O-]. The van der Waals surface area contributed by atoms with Crippen LogP contribution in [0.4, 0.5) is 11.4 Å². The molecule has 14 nitrogen and oxygen atoms in total. The summed E-state index contributed by atoms with van der Waals surface area (Å²) in [4.78, 5) is 72.9. The monoisotopic (exact) mass is 622 g/mol. The second kappa shape index (κ2) is 15.5. The fourth-order valence-electron chi connectivity index (χ4n) is 4.48. The van der Waals surface area contributed by atoms with Gasteiger partial charge in [0.15, 0.2) is 0 Å². The number of carbonyl (C=O) groups is 5. The molecule has 0 aliphatic carbocycles. The van der Waals surface area contributed by atoms with Crippen LogP contribution in [-0.4, -0.2) is 71.0 Å². The molecule has 0 bridgehead atoms. The number of anilines is 1. The molecular formula is C28H38N4O10S. The van der Waals surface area contributed by atoms with Gasteiger partial charge in [-0.2, -0.15) is 8.42 Å². The molecular weight excluding hydrogens is 584 g/mol. The number of unbranched alkanes of at least 4 members (excludes halogenated alkanes) is 2. The van der Waals surface area contributed by atoms with Crippen LogP contribution in [0.2, 0.25) is 0 Å². The fraction of sp³-hybridized carbons (Fsp3) is 0.536. The number of Topliss-reactive ketones (excluding diaryl/α,β-unsaturated/α-hetero) is 1. The summed E-state index contributed by atoms with van der Waals surface area (Å²) in [5, 5.41) is 16.6. The minimum Gasteiger partial charge on any atom is -0.355 e. The summed E-state index contributed by atoms with van der Waals surface area (Å²) in [6.45, 7) is 5.57. The third kappa shape index (κ3) is 12.0. The summed E-state index contributed by atoms with van der Waals surface area (Å²) in [5.41, 5.74) is 0.0830. The standard InChI is InChI=1S/C28H38N4O10S/c1-28(2,3)22-9-8-20(18-23(22)32(38)39)30-24(34)12-14-29-27(37)19(13-16-43(40,41)42)17-21(33)7-5-4-6-15-31-25(35)10-11-26(31)36/h8-11,18-19H,4-7,12-17H2,1-3H3,(H,29,37)(H,30,34)(H,40,41,42)/t19-/m1/s1. The number of imide groups is 1. The van der Waals surface area contributed by atoms with E-state index in [9.17, 15) is 42.5 Å². The molecule has 3 N–H and O–H groups in total. The lowest BCUT2D eigenvalue weighted by Gasteiger charge is -2.19. The molecule has 0 radical (unpaired) electrons. The number of nitrogens with one attached hydrogen (secondary N) is 2. The molecule has 0 aromatic heterocycles. The second-order valence-electron chi connectivity index (χ2n) is 11.3. The van der Waals surface area contributed by atoms with Crippen molar-refractivity contribution in [1.82, 2.24) is 10.2 Å². The van der Waals surface area contributed by atoms with E-state index >= 15 is 0 Å². The molecule has 0 saturated carbocycles. The van der Waals surface area contributed by atoms with Crippen molar-refractivity contribution in [2.75, 3.05) is 24.2 Å². The molecule has 43 heavy (non-hydrogen) atoms. The Morgan fingerprint density at radius 3 is 2.28 bits per heavy atom. The van der Waals surface area contributed by atoms with Gasteiger partial charge in [0.05, 0.1) is 10.7 Å². The summed E-state index contributed by atoms with van der Waals surface area (Å²) in [6, 6.07) is 4.37. The van der Waals surface area contributed by atoms with Crippen molar-refractivity contribution in [3.05, 3.63) is 46.0 Å². The van der Waals surface area contributed by atoms with Crippen LogP contribution in [0.5, 0.6) is 0 Å². The Balaban J connectivity index is 1.85. The molecule has 0 fully saturated rings. The number of amides is 4. The van der Waals surface area contributed by atoms with Crippen LogP contribution in [0.15, 0.2) is 30.4 Å². The van der Waals surface area contributed by atoms with Gasteiger partial charge in [-0.05, 0) is 36.8 Å². The molecule has 0 unspecified atom stereocenters. The van der Waals surface area contributed by atoms with E-state index in [0.29, 0.717) is 24.8 Å². The van der Waals surface area contributed by atoms with Crippen LogP contribution in [0, 0.1) is 16.0 Å². The van der Waals surface area contributed by atoms with Crippen LogP contribution in [-0.2, 0) is 39.5 Å². The molecule has 0 saturated heterocycles. The van der Waals surface area contributed by atoms with E-state index in [1.807, 2.05) is 20.8 Å². The van der Waals surface area contributed by atoms with E-state index in [4.69, 9.17) is 4.55 Å². The average Bonchev–Trinajstić information content (AvgIpc) is 3.21. The lowest BCUT2D eigenvalue weighted by molar-refractivity contribution is -0.385. The maximum atomic E-state index is 12.7. The highest BCUT2D eigenvalue weighted by atomic mass is 32.2. The Kier molecular flexibility index (Phi) is 12.7. The van der Waals surface area contributed by atoms with Crippen molar-refractivity contribution in [3.8, 4) is 0 Å². The van der Waals surface area contributed by atoms with Gasteiger partial charge in [0.2, 0.25) is 11.8 Å². The Morgan fingerprint density at radius 1 is 1.05 bits per heavy atom. The number of nitro benzene ring substituents is 1. The van der Waals surface area contributed by atoms with Gasteiger partial charge in [0.25, 0.3) is 27.6 Å². The molecule has 0 spiro atoms. The Bertz CT molecular complexity index is 1360. The van der Waals surface area contributed by atoms with E-state index in [0.717, 1.165) is 4.90 Å². The summed E-state index contributed by atoms with van der Waals surface area (Å²) in [5.74, 6) is -4.05. The van der Waals surface area contributed by atoms with Crippen LogP contribution in [0.3, 0.4) is 0 Å². The number of nitro groups is 1. The van der Waals surface area contributed by atoms with Crippen molar-refractivity contribution < 1.29 is 41.9 Å². The first-order valence-corrected chi connectivity index (χ1v) is 15.5. The van der Waals surface area contributed by atoms with Gasteiger partial charge >= 0.3 is 0 Å². The number of benzene rings is 1. The first-order chi connectivity index (χ1) is 20.0. The molecule has 1 aromatic carbocycles. The average molecular weight is 623 g/mol. The molecule has 15 heteroatoms. The quantitative estimate of drug-likeness (QED) is 0.0760. The van der Waals surface area contributed by atoms with Crippen LogP contribution < -0.4 is 10.6 Å². The second-order valence-corrected chi connectivity index (χ2v) is 12.9. The first kappa shape index (κ1) is 35.2. The largest absolute Gasteiger partial charge is 0.355 e.